The van der Waals surface area contributed by atoms with Crippen LogP contribution in [0.3, 0.4) is 0 Å². The van der Waals surface area contributed by atoms with Gasteiger partial charge in [-0.25, -0.2) is 4.98 Å². The molecule has 2 aliphatic rings. The number of piperazine rings is 1. The summed E-state index contributed by atoms with van der Waals surface area (Å²) >= 11 is 3.47. The van der Waals surface area contributed by atoms with Crippen molar-refractivity contribution in [1.29, 1.82) is 0 Å². The van der Waals surface area contributed by atoms with Crippen LogP contribution in [0.15, 0.2) is 17.5 Å². The van der Waals surface area contributed by atoms with Crippen LogP contribution in [0.1, 0.15) is 35.7 Å². The Morgan fingerprint density at radius 1 is 1.27 bits per heavy atom. The van der Waals surface area contributed by atoms with Crippen LogP contribution in [0.4, 0.5) is 5.13 Å². The van der Waals surface area contributed by atoms with Crippen LogP contribution >= 0.6 is 22.7 Å². The zero-order valence-corrected chi connectivity index (χ0v) is 19.4. The van der Waals surface area contributed by atoms with E-state index >= 15 is 0 Å². The lowest BCUT2D eigenvalue weighted by atomic mass is 9.90. The minimum atomic E-state index is 0.0506. The summed E-state index contributed by atoms with van der Waals surface area (Å²) in [4.78, 5) is 36.5. The van der Waals surface area contributed by atoms with E-state index in [1.165, 1.54) is 15.4 Å². The predicted octanol–water partition coefficient (Wildman–Crippen LogP) is 2.97. The molecule has 0 saturated carbocycles. The molecule has 1 saturated heterocycles. The standard InChI is InChI=1S/C22H30N4O2S2/c1-15(2)21(28)25-9-11-26(12-10-25)22-24-18-6-5-16(14-19(18)30-22)20(27)23-8-7-17-4-3-13-29-17/h3-4,13,15-16H,5-12,14H2,1-2H3,(H,23,27). The molecule has 2 amide bonds. The van der Waals surface area contributed by atoms with Crippen molar-refractivity contribution >= 4 is 39.6 Å². The lowest BCUT2D eigenvalue weighted by Crippen LogP contribution is -2.49. The number of rotatable bonds is 6. The highest BCUT2D eigenvalue weighted by atomic mass is 32.1. The maximum absolute atomic E-state index is 12.6. The Morgan fingerprint density at radius 3 is 2.77 bits per heavy atom. The molecule has 0 radical (unpaired) electrons. The smallest absolute Gasteiger partial charge is 0.225 e. The molecule has 0 bridgehead atoms. The molecule has 2 aromatic rings. The van der Waals surface area contributed by atoms with Crippen molar-refractivity contribution in [3.63, 3.8) is 0 Å². The number of amides is 2. The molecule has 3 heterocycles. The molecule has 162 valence electrons. The second-order valence-corrected chi connectivity index (χ2v) is 10.5. The average Bonchev–Trinajstić information content (AvgIpc) is 3.42. The molecule has 1 aliphatic carbocycles. The van der Waals surface area contributed by atoms with Crippen molar-refractivity contribution in [2.75, 3.05) is 37.6 Å². The number of hydrogen-bond donors (Lipinski definition) is 1. The van der Waals surface area contributed by atoms with E-state index in [9.17, 15) is 9.59 Å². The minimum absolute atomic E-state index is 0.0506. The van der Waals surface area contributed by atoms with Gasteiger partial charge < -0.3 is 15.1 Å². The topological polar surface area (TPSA) is 65.5 Å². The van der Waals surface area contributed by atoms with E-state index in [-0.39, 0.29) is 23.7 Å². The Labute approximate surface area is 186 Å². The monoisotopic (exact) mass is 446 g/mol. The summed E-state index contributed by atoms with van der Waals surface area (Å²) in [7, 11) is 0. The van der Waals surface area contributed by atoms with Gasteiger partial charge in [-0.1, -0.05) is 19.9 Å². The zero-order chi connectivity index (χ0) is 21.1. The normalized spacial score (nSPS) is 19.1. The molecule has 1 N–H and O–H groups in total. The van der Waals surface area contributed by atoms with Crippen molar-refractivity contribution in [2.24, 2.45) is 11.8 Å². The molecular formula is C22H30N4O2S2. The first kappa shape index (κ1) is 21.3. The van der Waals surface area contributed by atoms with Gasteiger partial charge in [0, 0.05) is 54.3 Å². The largest absolute Gasteiger partial charge is 0.355 e. The van der Waals surface area contributed by atoms with Crippen LogP contribution in [0.2, 0.25) is 0 Å². The number of nitrogens with zero attached hydrogens (tertiary/aromatic N) is 3. The molecule has 8 heteroatoms. The molecule has 30 heavy (non-hydrogen) atoms. The highest BCUT2D eigenvalue weighted by Crippen LogP contribution is 2.34. The van der Waals surface area contributed by atoms with Crippen LogP contribution in [0.5, 0.6) is 0 Å². The molecule has 6 nitrogen and oxygen atoms in total. The number of nitrogens with one attached hydrogen (secondary N) is 1. The van der Waals surface area contributed by atoms with E-state index < -0.39 is 0 Å². The Morgan fingerprint density at radius 2 is 2.07 bits per heavy atom. The average molecular weight is 447 g/mol. The summed E-state index contributed by atoms with van der Waals surface area (Å²) in [6, 6.07) is 4.16. The molecule has 4 rings (SSSR count). The number of fused-ring (bicyclic) bond motifs is 1. The second-order valence-electron chi connectivity index (χ2n) is 8.39. The number of hydrogen-bond acceptors (Lipinski definition) is 6. The van der Waals surface area contributed by atoms with Crippen LogP contribution in [0, 0.1) is 11.8 Å². The fraction of sp³-hybridized carbons (Fsp3) is 0.591. The van der Waals surface area contributed by atoms with Gasteiger partial charge in [0.1, 0.15) is 0 Å². The van der Waals surface area contributed by atoms with E-state index in [4.69, 9.17) is 4.98 Å². The number of thiophene rings is 1. The molecule has 1 aliphatic heterocycles. The predicted molar refractivity (Wildman–Crippen MR) is 122 cm³/mol. The quantitative estimate of drug-likeness (QED) is 0.741. The van der Waals surface area contributed by atoms with E-state index in [1.54, 1.807) is 22.7 Å². The summed E-state index contributed by atoms with van der Waals surface area (Å²) in [6.07, 6.45) is 3.44. The van der Waals surface area contributed by atoms with Gasteiger partial charge in [-0.2, -0.15) is 0 Å². The Hall–Kier alpha value is -1.93. The molecule has 1 fully saturated rings. The zero-order valence-electron chi connectivity index (χ0n) is 17.7. The van der Waals surface area contributed by atoms with E-state index in [2.05, 4.69) is 21.7 Å². The van der Waals surface area contributed by atoms with Crippen LogP contribution in [0.25, 0.3) is 0 Å². The van der Waals surface area contributed by atoms with E-state index in [1.807, 2.05) is 24.8 Å². The number of thiazole rings is 1. The lowest BCUT2D eigenvalue weighted by molar-refractivity contribution is -0.134. The summed E-state index contributed by atoms with van der Waals surface area (Å²) in [5, 5.41) is 6.24. The third-order valence-corrected chi connectivity index (χ3v) is 8.02. The summed E-state index contributed by atoms with van der Waals surface area (Å²) in [5.41, 5.74) is 1.17. The van der Waals surface area contributed by atoms with E-state index in [0.29, 0.717) is 6.54 Å². The van der Waals surface area contributed by atoms with Gasteiger partial charge in [-0.15, -0.1) is 22.7 Å². The number of carbonyl (C=O) groups is 2. The lowest BCUT2D eigenvalue weighted by Gasteiger charge is -2.35. The van der Waals surface area contributed by atoms with Crippen LogP contribution in [-0.4, -0.2) is 54.4 Å². The van der Waals surface area contributed by atoms with Crippen molar-refractivity contribution in [1.82, 2.24) is 15.2 Å². The van der Waals surface area contributed by atoms with Gasteiger partial charge in [0.25, 0.3) is 0 Å². The molecule has 1 atom stereocenters. The summed E-state index contributed by atoms with van der Waals surface area (Å²) in [6.45, 7) is 7.80. The Kier molecular flexibility index (Phi) is 6.73. The fourth-order valence-corrected chi connectivity index (χ4v) is 6.06. The first-order chi connectivity index (χ1) is 14.5. The summed E-state index contributed by atoms with van der Waals surface area (Å²) < 4.78 is 0. The summed E-state index contributed by atoms with van der Waals surface area (Å²) in [5.74, 6) is 0.515. The maximum atomic E-state index is 12.6. The van der Waals surface area contributed by atoms with Gasteiger partial charge >= 0.3 is 0 Å². The Bertz CT molecular complexity index is 870. The third kappa shape index (κ3) is 4.86. The van der Waals surface area contributed by atoms with Gasteiger partial charge in [0.2, 0.25) is 11.8 Å². The van der Waals surface area contributed by atoms with Crippen molar-refractivity contribution in [2.45, 2.75) is 39.5 Å². The first-order valence-corrected chi connectivity index (χ1v) is 12.5. The second kappa shape index (κ2) is 9.47. The molecule has 0 spiro atoms. The number of carbonyl (C=O) groups excluding carboxylic acids is 2. The highest BCUT2D eigenvalue weighted by molar-refractivity contribution is 7.15. The highest BCUT2D eigenvalue weighted by Gasteiger charge is 2.30. The fourth-order valence-electron chi connectivity index (χ4n) is 4.11. The molecular weight excluding hydrogens is 416 g/mol. The maximum Gasteiger partial charge on any atom is 0.225 e. The SMILES string of the molecule is CC(C)C(=O)N1CCN(c2nc3c(s2)CC(C(=O)NCCc2cccs2)CC3)CC1. The van der Waals surface area contributed by atoms with Crippen LogP contribution in [-0.2, 0) is 28.9 Å². The van der Waals surface area contributed by atoms with Gasteiger partial charge in [0.15, 0.2) is 5.13 Å². The van der Waals surface area contributed by atoms with Crippen molar-refractivity contribution < 1.29 is 9.59 Å². The first-order valence-electron chi connectivity index (χ1n) is 10.8. The Balaban J connectivity index is 1.29. The van der Waals surface area contributed by atoms with Gasteiger partial charge in [-0.3, -0.25) is 9.59 Å². The van der Waals surface area contributed by atoms with Crippen LogP contribution < -0.4 is 10.2 Å². The number of anilines is 1. The minimum Gasteiger partial charge on any atom is -0.355 e. The van der Waals surface area contributed by atoms with Gasteiger partial charge in [0.05, 0.1) is 5.69 Å². The third-order valence-electron chi connectivity index (χ3n) is 5.91. The molecule has 2 aromatic heterocycles. The number of aryl methyl sites for hydroxylation is 1. The molecule has 0 aromatic carbocycles. The van der Waals surface area contributed by atoms with E-state index in [0.717, 1.165) is 57.0 Å². The number of aromatic nitrogens is 1. The van der Waals surface area contributed by atoms with Crippen molar-refractivity contribution in [3.8, 4) is 0 Å². The molecule has 1 unspecified atom stereocenters. The van der Waals surface area contributed by atoms with Gasteiger partial charge in [-0.05, 0) is 37.1 Å². The van der Waals surface area contributed by atoms with Crippen molar-refractivity contribution in [3.05, 3.63) is 33.0 Å².